The van der Waals surface area contributed by atoms with Crippen LogP contribution in [0.2, 0.25) is 0 Å². The highest BCUT2D eigenvalue weighted by Crippen LogP contribution is 2.44. The summed E-state index contributed by atoms with van der Waals surface area (Å²) in [6.07, 6.45) is -7.58. The van der Waals surface area contributed by atoms with Gasteiger partial charge in [0.1, 0.15) is 31.0 Å². The molecule has 0 bridgehead atoms. The Labute approximate surface area is 226 Å². The molecule has 15 nitrogen and oxygen atoms in total. The third kappa shape index (κ3) is 5.41. The summed E-state index contributed by atoms with van der Waals surface area (Å²) in [6.45, 7) is -0.629. The number of carbonyl (C=O) groups is 3. The van der Waals surface area contributed by atoms with Crippen LogP contribution in [-0.4, -0.2) is 106 Å². The number of fused-ring (bicyclic) bond motifs is 1. The molecular formula is C25H28O15. The monoisotopic (exact) mass is 568 g/mol. The van der Waals surface area contributed by atoms with Gasteiger partial charge in [0.15, 0.2) is 17.8 Å². The van der Waals surface area contributed by atoms with Crippen LogP contribution in [-0.2, 0) is 28.5 Å². The molecule has 1 aliphatic carbocycles. The van der Waals surface area contributed by atoms with Crippen LogP contribution in [0.1, 0.15) is 16.8 Å². The van der Waals surface area contributed by atoms with Crippen LogP contribution >= 0.6 is 0 Å². The number of rotatable bonds is 9. The van der Waals surface area contributed by atoms with Gasteiger partial charge in [-0.1, -0.05) is 6.08 Å². The number of aliphatic hydroxyl groups excluding tert-OH is 3. The molecule has 0 unspecified atom stereocenters. The topological polar surface area (TPSA) is 228 Å². The number of hydrogen-bond donors (Lipinski definition) is 6. The van der Waals surface area contributed by atoms with E-state index in [9.17, 15) is 45.0 Å². The second-order valence-corrected chi connectivity index (χ2v) is 9.19. The van der Waals surface area contributed by atoms with Crippen molar-refractivity contribution in [1.82, 2.24) is 0 Å². The predicted octanol–water partition coefficient (Wildman–Crippen LogP) is -0.638. The molecule has 2 heterocycles. The highest BCUT2D eigenvalue weighted by molar-refractivity contribution is 5.92. The largest absolute Gasteiger partial charge is 0.502 e. The number of phenolic OH excluding ortho intramolecular Hbond substituents is 1. The Kier molecular flexibility index (Phi) is 8.51. The quantitative estimate of drug-likeness (QED) is 0.204. The summed E-state index contributed by atoms with van der Waals surface area (Å²) >= 11 is 0. The van der Waals surface area contributed by atoms with Crippen molar-refractivity contribution in [2.24, 2.45) is 11.8 Å². The summed E-state index contributed by atoms with van der Waals surface area (Å²) in [4.78, 5) is 36.0. The third-order valence-corrected chi connectivity index (χ3v) is 6.93. The first-order valence-electron chi connectivity index (χ1n) is 12.0. The summed E-state index contributed by atoms with van der Waals surface area (Å²) in [6, 6.07) is 2.38. The van der Waals surface area contributed by atoms with Crippen LogP contribution in [0.25, 0.3) is 0 Å². The molecular weight excluding hydrogens is 540 g/mol. The van der Waals surface area contributed by atoms with E-state index in [-0.39, 0.29) is 40.4 Å². The van der Waals surface area contributed by atoms with Gasteiger partial charge in [-0.2, -0.15) is 0 Å². The van der Waals surface area contributed by atoms with Gasteiger partial charge in [0.25, 0.3) is 0 Å². The number of carboxylic acid groups (broad SMARTS) is 2. The van der Waals surface area contributed by atoms with Crippen molar-refractivity contribution in [2.75, 3.05) is 20.8 Å². The number of hydrogen-bond acceptors (Lipinski definition) is 13. The summed E-state index contributed by atoms with van der Waals surface area (Å²) in [5.74, 6) is -5.91. The minimum absolute atomic E-state index is 0.0696. The van der Waals surface area contributed by atoms with Gasteiger partial charge in [-0.25, -0.2) is 14.4 Å². The third-order valence-electron chi connectivity index (χ3n) is 6.93. The second-order valence-electron chi connectivity index (χ2n) is 9.19. The summed E-state index contributed by atoms with van der Waals surface area (Å²) in [5.41, 5.74) is -0.398. The molecule has 1 fully saturated rings. The predicted molar refractivity (Wildman–Crippen MR) is 127 cm³/mol. The molecule has 8 atom stereocenters. The maximum absolute atomic E-state index is 12.7. The molecule has 4 rings (SSSR count). The van der Waals surface area contributed by atoms with Gasteiger partial charge in [0.05, 0.1) is 37.5 Å². The summed E-state index contributed by atoms with van der Waals surface area (Å²) < 4.78 is 31.8. The average molecular weight is 568 g/mol. The molecule has 2 aliphatic heterocycles. The zero-order chi connectivity index (χ0) is 29.3. The van der Waals surface area contributed by atoms with E-state index >= 15 is 0 Å². The summed E-state index contributed by atoms with van der Waals surface area (Å²) in [7, 11) is 2.53. The van der Waals surface area contributed by atoms with E-state index in [0.29, 0.717) is 0 Å². The minimum Gasteiger partial charge on any atom is -0.502 e. The normalized spacial score (nSPS) is 31.2. The number of methoxy groups -OCH3 is 2. The lowest BCUT2D eigenvalue weighted by atomic mass is 9.83. The molecule has 3 aliphatic rings. The zero-order valence-corrected chi connectivity index (χ0v) is 21.2. The van der Waals surface area contributed by atoms with Gasteiger partial charge in [0.2, 0.25) is 12.0 Å². The van der Waals surface area contributed by atoms with Gasteiger partial charge in [-0.15, -0.1) is 0 Å². The Bertz CT molecular complexity index is 1200. The first-order chi connectivity index (χ1) is 19.0. The van der Waals surface area contributed by atoms with Gasteiger partial charge >= 0.3 is 17.9 Å². The standard InChI is InChI=1S/C25H28O15/c1-35-13-5-9(6-14(36-2)17(13)26)23(34)37-8-15-18(27)19(28)20(29)25(39-15)40-24-16-10(3-4-11(16)21(30)31)12(7-38-24)22(32)33/h4-7,10,15-16,18-20,24-29H,3,8H2,1-2H3,(H,30,31)(H,32,33)/t10-,15-,16+,18-,19+,20-,24-,25+/m1/s1. The molecule has 0 aromatic heterocycles. The van der Waals surface area contributed by atoms with Crippen LogP contribution < -0.4 is 9.47 Å². The molecule has 1 saturated heterocycles. The molecule has 15 heteroatoms. The van der Waals surface area contributed by atoms with Gasteiger partial charge in [-0.05, 0) is 18.6 Å². The van der Waals surface area contributed by atoms with Crippen molar-refractivity contribution in [3.8, 4) is 17.2 Å². The van der Waals surface area contributed by atoms with Crippen molar-refractivity contribution in [3.05, 3.63) is 41.2 Å². The van der Waals surface area contributed by atoms with Crippen LogP contribution in [0, 0.1) is 11.8 Å². The van der Waals surface area contributed by atoms with E-state index in [1.807, 2.05) is 0 Å². The highest BCUT2D eigenvalue weighted by atomic mass is 16.8. The van der Waals surface area contributed by atoms with E-state index in [4.69, 9.17) is 28.4 Å². The fourth-order valence-electron chi connectivity index (χ4n) is 4.83. The van der Waals surface area contributed by atoms with Crippen molar-refractivity contribution < 1.29 is 73.4 Å². The Morgan fingerprint density at radius 3 is 2.12 bits per heavy atom. The van der Waals surface area contributed by atoms with E-state index in [0.717, 1.165) is 6.26 Å². The maximum atomic E-state index is 12.7. The van der Waals surface area contributed by atoms with E-state index in [2.05, 4.69) is 0 Å². The Hall–Kier alpha value is -3.89. The molecule has 40 heavy (non-hydrogen) atoms. The van der Waals surface area contributed by atoms with Crippen molar-refractivity contribution >= 4 is 17.9 Å². The fraction of sp³-hybridized carbons (Fsp3) is 0.480. The molecule has 1 aromatic carbocycles. The number of esters is 1. The van der Waals surface area contributed by atoms with Crippen molar-refractivity contribution in [1.29, 1.82) is 0 Å². The number of carboxylic acids is 2. The van der Waals surface area contributed by atoms with Crippen LogP contribution in [0.5, 0.6) is 17.2 Å². The molecule has 0 radical (unpaired) electrons. The Morgan fingerprint density at radius 2 is 1.55 bits per heavy atom. The molecule has 6 N–H and O–H groups in total. The molecule has 0 spiro atoms. The zero-order valence-electron chi connectivity index (χ0n) is 21.2. The molecule has 218 valence electrons. The SMILES string of the molecule is COc1cc(C(=O)OC[C@H]2O[C@@H](O[C@H]3OC=C(C(=O)O)[C@H]4CC=C(C(=O)O)[C@@H]34)[C@H](O)[C@@H](O)[C@@H]2O)cc(OC)c1O. The Balaban J connectivity index is 1.49. The lowest BCUT2D eigenvalue weighted by Gasteiger charge is -2.42. The number of aliphatic hydroxyl groups is 3. The molecule has 1 aromatic rings. The number of aromatic hydroxyl groups is 1. The second kappa shape index (κ2) is 11.7. The minimum atomic E-state index is -1.84. The van der Waals surface area contributed by atoms with Crippen LogP contribution in [0.3, 0.4) is 0 Å². The lowest BCUT2D eigenvalue weighted by molar-refractivity contribution is -0.339. The number of benzene rings is 1. The number of ether oxygens (including phenoxy) is 6. The fourth-order valence-corrected chi connectivity index (χ4v) is 4.83. The Morgan fingerprint density at radius 1 is 0.925 bits per heavy atom. The first kappa shape index (κ1) is 29.1. The lowest BCUT2D eigenvalue weighted by Crippen LogP contribution is -2.60. The smallest absolute Gasteiger partial charge is 0.338 e. The van der Waals surface area contributed by atoms with Crippen LogP contribution in [0.15, 0.2) is 35.6 Å². The number of carbonyl (C=O) groups excluding carboxylic acids is 1. The number of aliphatic carboxylic acids is 2. The highest BCUT2D eigenvalue weighted by Gasteiger charge is 2.51. The van der Waals surface area contributed by atoms with Crippen molar-refractivity contribution in [3.63, 3.8) is 0 Å². The van der Waals surface area contributed by atoms with E-state index in [1.165, 1.54) is 32.4 Å². The molecule has 0 amide bonds. The number of allylic oxidation sites excluding steroid dienone is 1. The summed E-state index contributed by atoms with van der Waals surface area (Å²) in [5, 5.41) is 60.4. The molecule has 0 saturated carbocycles. The van der Waals surface area contributed by atoms with E-state index in [1.54, 1.807) is 0 Å². The van der Waals surface area contributed by atoms with Gasteiger partial charge in [-0.3, -0.25) is 0 Å². The van der Waals surface area contributed by atoms with E-state index < -0.39 is 73.3 Å². The van der Waals surface area contributed by atoms with Gasteiger partial charge < -0.3 is 59.1 Å². The van der Waals surface area contributed by atoms with Crippen molar-refractivity contribution in [2.45, 2.75) is 43.4 Å². The van der Waals surface area contributed by atoms with Gasteiger partial charge in [0, 0.05) is 11.5 Å². The first-order valence-corrected chi connectivity index (χ1v) is 12.0. The number of phenols is 1. The maximum Gasteiger partial charge on any atom is 0.338 e. The van der Waals surface area contributed by atoms with Crippen LogP contribution in [0.4, 0.5) is 0 Å². The average Bonchev–Trinajstić information content (AvgIpc) is 3.38.